The van der Waals surface area contributed by atoms with Crippen LogP contribution in [-0.2, 0) is 23.7 Å². The Labute approximate surface area is 247 Å². The van der Waals surface area contributed by atoms with Crippen molar-refractivity contribution in [1.29, 1.82) is 0 Å². The quantitative estimate of drug-likeness (QED) is 0.144. The molecule has 16 nitrogen and oxygen atoms in total. The fourth-order valence-electron chi connectivity index (χ4n) is 4.89. The molecular formula is C28H30O16. The van der Waals surface area contributed by atoms with Crippen molar-refractivity contribution in [2.75, 3.05) is 13.2 Å². The molecule has 238 valence electrons. The zero-order valence-corrected chi connectivity index (χ0v) is 22.9. The molecule has 9 atom stereocenters. The lowest BCUT2D eigenvalue weighted by Crippen LogP contribution is -2.61. The van der Waals surface area contributed by atoms with Crippen molar-refractivity contribution < 1.29 is 73.7 Å². The molecule has 3 aromatic rings. The van der Waals surface area contributed by atoms with Crippen molar-refractivity contribution in [3.8, 4) is 34.3 Å². The van der Waals surface area contributed by atoms with E-state index in [1.807, 2.05) is 0 Å². The molecule has 5 rings (SSSR count). The summed E-state index contributed by atoms with van der Waals surface area (Å²) in [5, 5.41) is 82.0. The number of fused-ring (bicyclic) bond motifs is 1. The lowest BCUT2D eigenvalue weighted by atomic mass is 9.99. The van der Waals surface area contributed by atoms with Crippen molar-refractivity contribution in [3.63, 3.8) is 0 Å². The van der Waals surface area contributed by atoms with Crippen LogP contribution in [0.5, 0.6) is 23.0 Å². The van der Waals surface area contributed by atoms with Crippen molar-refractivity contribution in [2.24, 2.45) is 0 Å². The second-order valence-electron chi connectivity index (χ2n) is 10.3. The number of benzene rings is 2. The van der Waals surface area contributed by atoms with Gasteiger partial charge >= 0.3 is 5.97 Å². The molecule has 2 saturated heterocycles. The van der Waals surface area contributed by atoms with E-state index in [1.165, 1.54) is 24.3 Å². The summed E-state index contributed by atoms with van der Waals surface area (Å²) in [5.74, 6) is -2.79. The Bertz CT molecular complexity index is 1550. The van der Waals surface area contributed by atoms with E-state index in [9.17, 15) is 50.4 Å². The molecule has 3 heterocycles. The number of hydrogen-bond acceptors (Lipinski definition) is 16. The first-order valence-corrected chi connectivity index (χ1v) is 13.3. The van der Waals surface area contributed by atoms with Gasteiger partial charge in [0.15, 0.2) is 18.2 Å². The van der Waals surface area contributed by atoms with Crippen LogP contribution < -0.4 is 10.2 Å². The van der Waals surface area contributed by atoms with Gasteiger partial charge in [0.1, 0.15) is 64.8 Å². The number of rotatable bonds is 7. The molecule has 0 bridgehead atoms. The maximum atomic E-state index is 13.6. The number of hydrogen-bond donors (Lipinski definition) is 8. The molecule has 0 saturated carbocycles. The van der Waals surface area contributed by atoms with E-state index in [-0.39, 0.29) is 34.6 Å². The molecule has 2 aliphatic rings. The van der Waals surface area contributed by atoms with E-state index in [2.05, 4.69) is 0 Å². The van der Waals surface area contributed by atoms with Gasteiger partial charge in [0.05, 0.1) is 13.2 Å². The summed E-state index contributed by atoms with van der Waals surface area (Å²) in [6.07, 6.45) is -14.7. The van der Waals surface area contributed by atoms with Crippen LogP contribution in [0.2, 0.25) is 0 Å². The summed E-state index contributed by atoms with van der Waals surface area (Å²) >= 11 is 0. The lowest BCUT2D eigenvalue weighted by Gasteiger charge is -2.41. The third-order valence-corrected chi connectivity index (χ3v) is 7.10. The Balaban J connectivity index is 1.43. The highest BCUT2D eigenvalue weighted by atomic mass is 16.7. The summed E-state index contributed by atoms with van der Waals surface area (Å²) in [5.41, 5.74) is -0.985. The fraction of sp³-hybridized carbons (Fsp3) is 0.429. The number of phenolic OH excluding ortho intramolecular Hbond substituents is 3. The van der Waals surface area contributed by atoms with Gasteiger partial charge in [-0.15, -0.1) is 0 Å². The monoisotopic (exact) mass is 622 g/mol. The molecule has 44 heavy (non-hydrogen) atoms. The van der Waals surface area contributed by atoms with Gasteiger partial charge in [-0.1, -0.05) is 0 Å². The molecule has 2 aliphatic heterocycles. The summed E-state index contributed by atoms with van der Waals surface area (Å²) < 4.78 is 32.8. The van der Waals surface area contributed by atoms with E-state index in [4.69, 9.17) is 28.1 Å². The Kier molecular flexibility index (Phi) is 8.96. The maximum absolute atomic E-state index is 13.6. The van der Waals surface area contributed by atoms with Crippen molar-refractivity contribution in [2.45, 2.75) is 62.2 Å². The van der Waals surface area contributed by atoms with Crippen LogP contribution in [0.15, 0.2) is 45.6 Å². The average molecular weight is 623 g/mol. The Morgan fingerprint density at radius 2 is 1.61 bits per heavy atom. The van der Waals surface area contributed by atoms with E-state index in [0.29, 0.717) is 0 Å². The third-order valence-electron chi connectivity index (χ3n) is 7.10. The first kappa shape index (κ1) is 31.4. The van der Waals surface area contributed by atoms with Crippen LogP contribution in [0.25, 0.3) is 22.3 Å². The Morgan fingerprint density at radius 1 is 0.909 bits per heavy atom. The van der Waals surface area contributed by atoms with Crippen molar-refractivity contribution in [3.05, 3.63) is 46.6 Å². The zero-order valence-electron chi connectivity index (χ0n) is 22.9. The number of carbonyl (C=O) groups is 1. The Hall–Kier alpha value is -4.00. The number of carbonyl (C=O) groups excluding carboxylic acids is 1. The van der Waals surface area contributed by atoms with Gasteiger partial charge < -0.3 is 69.0 Å². The fourth-order valence-corrected chi connectivity index (χ4v) is 4.89. The largest absolute Gasteiger partial charge is 0.508 e. The zero-order chi connectivity index (χ0) is 31.9. The van der Waals surface area contributed by atoms with E-state index in [0.717, 1.165) is 19.1 Å². The van der Waals surface area contributed by atoms with E-state index >= 15 is 0 Å². The normalized spacial score (nSPS) is 30.6. The van der Waals surface area contributed by atoms with Gasteiger partial charge in [-0.05, 0) is 24.3 Å². The Morgan fingerprint density at radius 3 is 2.30 bits per heavy atom. The van der Waals surface area contributed by atoms with Gasteiger partial charge in [0, 0.05) is 24.6 Å². The second-order valence-corrected chi connectivity index (χ2v) is 10.3. The van der Waals surface area contributed by atoms with E-state index in [1.54, 1.807) is 0 Å². The smallest absolute Gasteiger partial charge is 0.303 e. The highest BCUT2D eigenvalue weighted by Crippen LogP contribution is 2.37. The van der Waals surface area contributed by atoms with Crippen LogP contribution in [0.4, 0.5) is 0 Å². The van der Waals surface area contributed by atoms with Crippen LogP contribution in [0, 0.1) is 0 Å². The molecule has 0 spiro atoms. The molecule has 0 unspecified atom stereocenters. The third kappa shape index (κ3) is 6.15. The van der Waals surface area contributed by atoms with Crippen LogP contribution in [-0.4, -0.2) is 115 Å². The SMILES string of the molecule is CC(=O)O[C@@H]1[C@H](O)[C@H](OC[C@H]2O[C@@H](Oc3c(-c4ccc(O)cc4)oc4cc(O)cc(O)c4c3=O)[C@H](O)[C@@H](O)[C@@H]2O)OC[C@@H]1O. The molecule has 1 aromatic heterocycles. The van der Waals surface area contributed by atoms with Crippen molar-refractivity contribution >= 4 is 16.9 Å². The minimum Gasteiger partial charge on any atom is -0.508 e. The van der Waals surface area contributed by atoms with Gasteiger partial charge in [-0.2, -0.15) is 0 Å². The van der Waals surface area contributed by atoms with Crippen LogP contribution in [0.1, 0.15) is 6.92 Å². The summed E-state index contributed by atoms with van der Waals surface area (Å²) in [6, 6.07) is 7.30. The highest BCUT2D eigenvalue weighted by molar-refractivity contribution is 5.88. The van der Waals surface area contributed by atoms with Gasteiger partial charge in [0.25, 0.3) is 0 Å². The number of aliphatic hydroxyl groups is 5. The predicted molar refractivity (Wildman–Crippen MR) is 143 cm³/mol. The number of phenols is 3. The molecule has 16 heteroatoms. The summed E-state index contributed by atoms with van der Waals surface area (Å²) in [6.45, 7) is 0.119. The molecular weight excluding hydrogens is 592 g/mol. The number of esters is 1. The van der Waals surface area contributed by atoms with E-state index < -0.39 is 90.6 Å². The lowest BCUT2D eigenvalue weighted by molar-refractivity contribution is -0.308. The van der Waals surface area contributed by atoms with Crippen LogP contribution >= 0.6 is 0 Å². The first-order valence-electron chi connectivity index (χ1n) is 13.3. The van der Waals surface area contributed by atoms with Crippen molar-refractivity contribution in [1.82, 2.24) is 0 Å². The second kappa shape index (κ2) is 12.5. The predicted octanol–water partition coefficient (Wildman–Crippen LogP) is -1.21. The average Bonchev–Trinajstić information content (AvgIpc) is 2.96. The number of ether oxygens (including phenoxy) is 5. The molecule has 2 aromatic carbocycles. The molecule has 0 amide bonds. The number of aromatic hydroxyl groups is 3. The van der Waals surface area contributed by atoms with Gasteiger partial charge in [-0.3, -0.25) is 9.59 Å². The topological polar surface area (TPSA) is 255 Å². The van der Waals surface area contributed by atoms with Gasteiger partial charge in [-0.25, -0.2) is 0 Å². The first-order chi connectivity index (χ1) is 20.8. The summed E-state index contributed by atoms with van der Waals surface area (Å²) in [7, 11) is 0. The standard InChI is InChI=1S/C28H30O16/c1-10(29)41-25-15(33)8-39-27(23(25)38)40-9-17-19(34)21(36)22(37)28(43-17)44-26-20(35)18-14(32)6-13(31)7-16(18)42-24(26)11-2-4-12(30)5-3-11/h2-7,15,17,19,21-23,25,27-28,30-34,36-38H,8-9H2,1H3/t15-,17+,19+,21-,22+,23-,25-,27-,28-/m0/s1. The number of aliphatic hydroxyl groups excluding tert-OH is 5. The molecule has 8 N–H and O–H groups in total. The molecule has 0 aliphatic carbocycles. The summed E-state index contributed by atoms with van der Waals surface area (Å²) in [4.78, 5) is 24.9. The maximum Gasteiger partial charge on any atom is 0.303 e. The highest BCUT2D eigenvalue weighted by Gasteiger charge is 2.47. The minimum absolute atomic E-state index is 0.110. The minimum atomic E-state index is -1.93. The van der Waals surface area contributed by atoms with Crippen LogP contribution in [0.3, 0.4) is 0 Å². The van der Waals surface area contributed by atoms with Gasteiger partial charge in [0.2, 0.25) is 17.5 Å². The molecule has 0 radical (unpaired) electrons. The molecule has 2 fully saturated rings.